The first-order valence-electron chi connectivity index (χ1n) is 17.6. The van der Waals surface area contributed by atoms with Crippen LogP contribution in [-0.4, -0.2) is 85.8 Å². The summed E-state index contributed by atoms with van der Waals surface area (Å²) in [5, 5.41) is 0. The second kappa shape index (κ2) is 20.6. The molecule has 8 heteroatoms. The lowest BCUT2D eigenvalue weighted by molar-refractivity contribution is 0.0453. The van der Waals surface area contributed by atoms with Crippen molar-refractivity contribution in [2.75, 3.05) is 52.5 Å². The average molecular weight is 677 g/mol. The standard InChI is InChI=1S/C42H48N2O6/c1-3-43(29-31-49-41(47)37-23-19-35(20-24-37)39(45)33-15-9-7-10-16-33)27-13-5-6-14-28-44(4-2)30-32-50-42(48)38-25-21-36(22-26-38)40(46)34-17-11-8-12-18-34/h7-12,15-26H,3-6,13-14,27-32H2,1-2H3. The van der Waals surface area contributed by atoms with Crippen LogP contribution in [-0.2, 0) is 9.47 Å². The van der Waals surface area contributed by atoms with Crippen LogP contribution in [0.25, 0.3) is 0 Å². The van der Waals surface area contributed by atoms with E-state index in [4.69, 9.17) is 9.47 Å². The van der Waals surface area contributed by atoms with Crippen molar-refractivity contribution in [1.29, 1.82) is 0 Å². The summed E-state index contributed by atoms with van der Waals surface area (Å²) in [6, 6.07) is 31.4. The molecule has 0 atom stereocenters. The Labute approximate surface area is 296 Å². The summed E-state index contributed by atoms with van der Waals surface area (Å²) >= 11 is 0. The van der Waals surface area contributed by atoms with Gasteiger partial charge in [0.05, 0.1) is 11.1 Å². The molecule has 0 spiro atoms. The van der Waals surface area contributed by atoms with Gasteiger partial charge in [0.2, 0.25) is 0 Å². The number of carbonyl (C=O) groups excluding carboxylic acids is 4. The molecule has 8 nitrogen and oxygen atoms in total. The fourth-order valence-corrected chi connectivity index (χ4v) is 5.61. The van der Waals surface area contributed by atoms with Crippen LogP contribution in [0.1, 0.15) is 92.1 Å². The lowest BCUT2D eigenvalue weighted by Gasteiger charge is -2.21. The molecule has 0 bridgehead atoms. The third-order valence-corrected chi connectivity index (χ3v) is 8.71. The zero-order valence-electron chi connectivity index (χ0n) is 29.2. The maximum atomic E-state index is 12.6. The minimum absolute atomic E-state index is 0.0795. The number of hydrogen-bond donors (Lipinski definition) is 0. The van der Waals surface area contributed by atoms with Gasteiger partial charge in [-0.1, -0.05) is 112 Å². The van der Waals surface area contributed by atoms with Crippen molar-refractivity contribution < 1.29 is 28.7 Å². The highest BCUT2D eigenvalue weighted by atomic mass is 16.5. The Morgan fingerprint density at radius 2 is 0.740 bits per heavy atom. The monoisotopic (exact) mass is 676 g/mol. The molecule has 0 fully saturated rings. The zero-order valence-corrected chi connectivity index (χ0v) is 29.2. The lowest BCUT2D eigenvalue weighted by atomic mass is 10.0. The first-order valence-corrected chi connectivity index (χ1v) is 17.6. The molecule has 0 N–H and O–H groups in total. The molecule has 0 aromatic heterocycles. The predicted octanol–water partition coefficient (Wildman–Crippen LogP) is 7.37. The van der Waals surface area contributed by atoms with Gasteiger partial charge in [-0.05, 0) is 63.3 Å². The van der Waals surface area contributed by atoms with Gasteiger partial charge in [0.1, 0.15) is 13.2 Å². The number of esters is 2. The van der Waals surface area contributed by atoms with Crippen LogP contribution in [0.5, 0.6) is 0 Å². The van der Waals surface area contributed by atoms with E-state index >= 15 is 0 Å². The Morgan fingerprint density at radius 1 is 0.420 bits per heavy atom. The maximum Gasteiger partial charge on any atom is 0.338 e. The van der Waals surface area contributed by atoms with E-state index in [0.29, 0.717) is 59.7 Å². The average Bonchev–Trinajstić information content (AvgIpc) is 3.17. The molecule has 0 aliphatic rings. The van der Waals surface area contributed by atoms with Gasteiger partial charge in [-0.2, -0.15) is 0 Å². The van der Waals surface area contributed by atoms with Crippen LogP contribution in [0.2, 0.25) is 0 Å². The summed E-state index contributed by atoms with van der Waals surface area (Å²) in [6.45, 7) is 9.84. The molecule has 262 valence electrons. The normalized spacial score (nSPS) is 11.0. The van der Waals surface area contributed by atoms with Crippen molar-refractivity contribution in [1.82, 2.24) is 9.80 Å². The minimum Gasteiger partial charge on any atom is -0.461 e. The van der Waals surface area contributed by atoms with E-state index in [1.165, 1.54) is 0 Å². The molecule has 0 radical (unpaired) electrons. The van der Waals surface area contributed by atoms with E-state index in [9.17, 15) is 19.2 Å². The lowest BCUT2D eigenvalue weighted by Crippen LogP contribution is -2.30. The van der Waals surface area contributed by atoms with Crippen molar-refractivity contribution in [3.8, 4) is 0 Å². The first kappa shape index (κ1) is 37.9. The molecular weight excluding hydrogens is 628 g/mol. The summed E-state index contributed by atoms with van der Waals surface area (Å²) in [6.07, 6.45) is 4.36. The summed E-state index contributed by atoms with van der Waals surface area (Å²) < 4.78 is 11.0. The molecule has 0 aliphatic heterocycles. The van der Waals surface area contributed by atoms with Crippen molar-refractivity contribution in [3.63, 3.8) is 0 Å². The molecule has 4 aromatic rings. The number of likely N-dealkylation sites (N-methyl/N-ethyl adjacent to an activating group) is 2. The van der Waals surface area contributed by atoms with Crippen molar-refractivity contribution in [3.05, 3.63) is 143 Å². The van der Waals surface area contributed by atoms with Gasteiger partial charge in [0.25, 0.3) is 0 Å². The maximum absolute atomic E-state index is 12.6. The van der Waals surface area contributed by atoms with Crippen molar-refractivity contribution >= 4 is 23.5 Å². The third-order valence-electron chi connectivity index (χ3n) is 8.71. The quantitative estimate of drug-likeness (QED) is 0.0514. The van der Waals surface area contributed by atoms with Gasteiger partial charge in [-0.15, -0.1) is 0 Å². The molecule has 0 amide bonds. The summed E-state index contributed by atoms with van der Waals surface area (Å²) in [7, 11) is 0. The number of hydrogen-bond acceptors (Lipinski definition) is 8. The number of carbonyl (C=O) groups is 4. The highest BCUT2D eigenvalue weighted by Gasteiger charge is 2.14. The van der Waals surface area contributed by atoms with Crippen molar-refractivity contribution in [2.24, 2.45) is 0 Å². The number of benzene rings is 4. The van der Waals surface area contributed by atoms with Gasteiger partial charge >= 0.3 is 11.9 Å². The molecule has 0 aliphatic carbocycles. The predicted molar refractivity (Wildman–Crippen MR) is 196 cm³/mol. The summed E-state index contributed by atoms with van der Waals surface area (Å²) in [5.41, 5.74) is 3.15. The topological polar surface area (TPSA) is 93.2 Å². The Kier molecular flexibility index (Phi) is 15.6. The number of unbranched alkanes of at least 4 members (excludes halogenated alkanes) is 3. The van der Waals surface area contributed by atoms with E-state index in [1.54, 1.807) is 72.8 Å². The SMILES string of the molecule is CCN(CCCCCCN(CC)CCOC(=O)c1ccc(C(=O)c2ccccc2)cc1)CCOC(=O)c1ccc(C(=O)c2ccccc2)cc1. The van der Waals surface area contributed by atoms with E-state index in [2.05, 4.69) is 23.6 Å². The molecule has 0 saturated heterocycles. The minimum atomic E-state index is -0.388. The van der Waals surface area contributed by atoms with E-state index in [-0.39, 0.29) is 23.5 Å². The Hall–Kier alpha value is -4.92. The van der Waals surface area contributed by atoms with Crippen LogP contribution in [0.3, 0.4) is 0 Å². The largest absolute Gasteiger partial charge is 0.461 e. The van der Waals surface area contributed by atoms with Crippen LogP contribution in [0.4, 0.5) is 0 Å². The molecule has 0 heterocycles. The highest BCUT2D eigenvalue weighted by Crippen LogP contribution is 2.14. The molecule has 0 saturated carbocycles. The van der Waals surface area contributed by atoms with Crippen molar-refractivity contribution in [2.45, 2.75) is 39.5 Å². The van der Waals surface area contributed by atoms with Gasteiger partial charge < -0.3 is 19.3 Å². The first-order chi connectivity index (χ1) is 24.4. The van der Waals surface area contributed by atoms with Gasteiger partial charge in [0.15, 0.2) is 11.6 Å². The Morgan fingerprint density at radius 3 is 1.08 bits per heavy atom. The number of nitrogens with zero attached hydrogens (tertiary/aromatic N) is 2. The van der Waals surface area contributed by atoms with E-state index in [1.807, 2.05) is 36.4 Å². The smallest absolute Gasteiger partial charge is 0.338 e. The van der Waals surface area contributed by atoms with Gasteiger partial charge in [-0.25, -0.2) is 9.59 Å². The van der Waals surface area contributed by atoms with Crippen LogP contribution < -0.4 is 0 Å². The highest BCUT2D eigenvalue weighted by molar-refractivity contribution is 6.10. The number of rotatable bonds is 21. The van der Waals surface area contributed by atoms with E-state index < -0.39 is 0 Å². The number of ketones is 2. The Balaban J connectivity index is 1.05. The Bertz CT molecular complexity index is 1510. The molecule has 50 heavy (non-hydrogen) atoms. The summed E-state index contributed by atoms with van der Waals surface area (Å²) in [4.78, 5) is 54.9. The second-order valence-electron chi connectivity index (χ2n) is 12.1. The molecular formula is C42H48N2O6. The number of ether oxygens (including phenoxy) is 2. The van der Waals surface area contributed by atoms with Crippen LogP contribution in [0.15, 0.2) is 109 Å². The van der Waals surface area contributed by atoms with Crippen LogP contribution >= 0.6 is 0 Å². The zero-order chi connectivity index (χ0) is 35.6. The summed E-state index contributed by atoms with van der Waals surface area (Å²) in [5.74, 6) is -0.935. The van der Waals surface area contributed by atoms with Crippen LogP contribution in [0, 0.1) is 0 Å². The second-order valence-corrected chi connectivity index (χ2v) is 12.1. The molecule has 0 unspecified atom stereocenters. The molecule has 4 rings (SSSR count). The van der Waals surface area contributed by atoms with Gasteiger partial charge in [-0.3, -0.25) is 9.59 Å². The fourth-order valence-electron chi connectivity index (χ4n) is 5.61. The third kappa shape index (κ3) is 11.9. The van der Waals surface area contributed by atoms with E-state index in [0.717, 1.165) is 51.9 Å². The molecule has 4 aromatic carbocycles. The fraction of sp³-hybridized carbons (Fsp3) is 0.333. The van der Waals surface area contributed by atoms with Gasteiger partial charge in [0, 0.05) is 35.3 Å².